The number of para-hydroxylation sites is 1. The number of nitro groups is 1. The highest BCUT2D eigenvalue weighted by molar-refractivity contribution is 7.92. The second-order valence-corrected chi connectivity index (χ2v) is 8.57. The standard InChI is InChI=1S/C21H15F3N4O6S/c22-21(23,24)14-5-3-4-13(10-14)12-25-26-18-9-8-15(11-19(18)28(31)32)35(33,34)27-17-7-2-1-6-16(17)20(29)30/h1-12,26-27H,(H,29,30)/b25-12-. The predicted molar refractivity (Wildman–Crippen MR) is 120 cm³/mol. The van der Waals surface area contributed by atoms with Gasteiger partial charge in [-0.15, -0.1) is 0 Å². The summed E-state index contributed by atoms with van der Waals surface area (Å²) in [6.45, 7) is 0. The van der Waals surface area contributed by atoms with Crippen LogP contribution in [0.25, 0.3) is 0 Å². The van der Waals surface area contributed by atoms with Crippen molar-refractivity contribution in [3.63, 3.8) is 0 Å². The number of benzene rings is 3. The summed E-state index contributed by atoms with van der Waals surface area (Å²) in [7, 11) is -4.41. The van der Waals surface area contributed by atoms with Crippen LogP contribution >= 0.6 is 0 Å². The third kappa shape index (κ3) is 6.11. The number of carbonyl (C=O) groups is 1. The highest BCUT2D eigenvalue weighted by atomic mass is 32.2. The zero-order valence-electron chi connectivity index (χ0n) is 17.4. The van der Waals surface area contributed by atoms with Crippen molar-refractivity contribution in [3.8, 4) is 0 Å². The Labute approximate surface area is 195 Å². The number of hydrogen-bond donors (Lipinski definition) is 3. The molecule has 0 heterocycles. The second kappa shape index (κ2) is 9.80. The predicted octanol–water partition coefficient (Wildman–Crippen LogP) is 4.56. The Balaban J connectivity index is 1.86. The lowest BCUT2D eigenvalue weighted by molar-refractivity contribution is -0.384. The molecule has 0 radical (unpaired) electrons. The molecule has 0 aliphatic heterocycles. The van der Waals surface area contributed by atoms with Crippen molar-refractivity contribution < 1.29 is 36.4 Å². The third-order valence-electron chi connectivity index (χ3n) is 4.49. The van der Waals surface area contributed by atoms with E-state index >= 15 is 0 Å². The van der Waals surface area contributed by atoms with E-state index in [1.807, 2.05) is 0 Å². The van der Waals surface area contributed by atoms with Crippen molar-refractivity contribution >= 4 is 39.3 Å². The molecule has 0 aliphatic rings. The van der Waals surface area contributed by atoms with Gasteiger partial charge in [0.25, 0.3) is 15.7 Å². The molecule has 0 amide bonds. The number of sulfonamides is 1. The molecule has 35 heavy (non-hydrogen) atoms. The highest BCUT2D eigenvalue weighted by Crippen LogP contribution is 2.30. The van der Waals surface area contributed by atoms with Crippen molar-refractivity contribution in [2.75, 3.05) is 10.1 Å². The summed E-state index contributed by atoms with van der Waals surface area (Å²) in [4.78, 5) is 21.4. The van der Waals surface area contributed by atoms with Gasteiger partial charge < -0.3 is 5.11 Å². The average molecular weight is 508 g/mol. The van der Waals surface area contributed by atoms with Crippen LogP contribution in [0.15, 0.2) is 76.7 Å². The molecule has 3 aromatic carbocycles. The molecule has 3 N–H and O–H groups in total. The number of hydrogen-bond acceptors (Lipinski definition) is 7. The molecule has 3 rings (SSSR count). The molecule has 14 heteroatoms. The van der Waals surface area contributed by atoms with Crippen LogP contribution in [0.1, 0.15) is 21.5 Å². The number of hydrazone groups is 1. The first-order valence-corrected chi connectivity index (χ1v) is 11.0. The van der Waals surface area contributed by atoms with Gasteiger partial charge in [0, 0.05) is 6.07 Å². The van der Waals surface area contributed by atoms with Crippen LogP contribution in [-0.2, 0) is 16.2 Å². The minimum Gasteiger partial charge on any atom is -0.478 e. The lowest BCUT2D eigenvalue weighted by Gasteiger charge is -2.11. The quantitative estimate of drug-likeness (QED) is 0.229. The van der Waals surface area contributed by atoms with Gasteiger partial charge in [-0.3, -0.25) is 20.3 Å². The number of alkyl halides is 3. The summed E-state index contributed by atoms with van der Waals surface area (Å²) in [6, 6.07) is 12.2. The van der Waals surface area contributed by atoms with E-state index in [-0.39, 0.29) is 22.5 Å². The Morgan fingerprint density at radius 2 is 1.74 bits per heavy atom. The smallest absolute Gasteiger partial charge is 0.416 e. The summed E-state index contributed by atoms with van der Waals surface area (Å²) in [5.41, 5.74) is -0.0247. The van der Waals surface area contributed by atoms with Crippen LogP contribution in [0.4, 0.5) is 30.2 Å². The first-order chi connectivity index (χ1) is 16.4. The van der Waals surface area contributed by atoms with Gasteiger partial charge in [0.1, 0.15) is 5.69 Å². The molecular weight excluding hydrogens is 493 g/mol. The first kappa shape index (κ1) is 25.2. The molecule has 0 fully saturated rings. The van der Waals surface area contributed by atoms with Gasteiger partial charge in [-0.25, -0.2) is 13.2 Å². The fourth-order valence-electron chi connectivity index (χ4n) is 2.86. The number of anilines is 2. The van der Waals surface area contributed by atoms with Crippen LogP contribution < -0.4 is 10.1 Å². The fourth-order valence-corrected chi connectivity index (χ4v) is 3.96. The summed E-state index contributed by atoms with van der Waals surface area (Å²) >= 11 is 0. The summed E-state index contributed by atoms with van der Waals surface area (Å²) < 4.78 is 65.9. The zero-order valence-corrected chi connectivity index (χ0v) is 18.2. The Hall–Kier alpha value is -4.46. The first-order valence-electron chi connectivity index (χ1n) is 9.48. The van der Waals surface area contributed by atoms with E-state index < -0.39 is 43.2 Å². The van der Waals surface area contributed by atoms with Crippen molar-refractivity contribution in [1.82, 2.24) is 0 Å². The maximum absolute atomic E-state index is 12.8. The Kier molecular flexibility index (Phi) is 7.05. The van der Waals surface area contributed by atoms with Gasteiger partial charge in [0.2, 0.25) is 0 Å². The largest absolute Gasteiger partial charge is 0.478 e. The monoisotopic (exact) mass is 508 g/mol. The molecule has 182 valence electrons. The van der Waals surface area contributed by atoms with E-state index in [2.05, 4.69) is 15.2 Å². The van der Waals surface area contributed by atoms with Crippen LogP contribution in [0, 0.1) is 10.1 Å². The minimum absolute atomic E-state index is 0.0653. The van der Waals surface area contributed by atoms with Crippen LogP contribution in [-0.4, -0.2) is 30.6 Å². The highest BCUT2D eigenvalue weighted by Gasteiger charge is 2.30. The van der Waals surface area contributed by atoms with Gasteiger partial charge in [-0.2, -0.15) is 18.3 Å². The van der Waals surface area contributed by atoms with Gasteiger partial charge in [-0.05, 0) is 42.0 Å². The van der Waals surface area contributed by atoms with Crippen LogP contribution in [0.2, 0.25) is 0 Å². The summed E-state index contributed by atoms with van der Waals surface area (Å²) in [5.74, 6) is -1.38. The molecule has 0 unspecified atom stereocenters. The number of aromatic carboxylic acids is 1. The van der Waals surface area contributed by atoms with Crippen molar-refractivity contribution in [3.05, 3.63) is 93.5 Å². The van der Waals surface area contributed by atoms with Crippen LogP contribution in [0.5, 0.6) is 0 Å². The maximum atomic E-state index is 12.8. The second-order valence-electron chi connectivity index (χ2n) is 6.89. The number of carboxylic acid groups (broad SMARTS) is 1. The Morgan fingerprint density at radius 1 is 1.03 bits per heavy atom. The molecule has 0 atom stereocenters. The summed E-state index contributed by atoms with van der Waals surface area (Å²) in [5, 5.41) is 24.4. The van der Waals surface area contributed by atoms with Gasteiger partial charge in [0.15, 0.2) is 0 Å². The van der Waals surface area contributed by atoms with E-state index in [9.17, 15) is 41.6 Å². The van der Waals surface area contributed by atoms with E-state index in [1.165, 1.54) is 36.4 Å². The normalized spacial score (nSPS) is 11.9. The number of halogens is 3. The molecule has 0 saturated heterocycles. The number of rotatable bonds is 8. The molecule has 0 aliphatic carbocycles. The van der Waals surface area contributed by atoms with Gasteiger partial charge in [-0.1, -0.05) is 24.3 Å². The topological polar surface area (TPSA) is 151 Å². The number of carboxylic acids is 1. The minimum atomic E-state index is -4.56. The Morgan fingerprint density at radius 3 is 2.40 bits per heavy atom. The van der Waals surface area contributed by atoms with Crippen LogP contribution in [0.3, 0.4) is 0 Å². The SMILES string of the molecule is O=C(O)c1ccccc1NS(=O)(=O)c1ccc(N/N=C\c2cccc(C(F)(F)F)c2)c([N+](=O)[O-])c1. The molecular formula is C21H15F3N4O6S. The van der Waals surface area contributed by atoms with E-state index in [4.69, 9.17) is 0 Å². The van der Waals surface area contributed by atoms with Crippen molar-refractivity contribution in [1.29, 1.82) is 0 Å². The fraction of sp³-hybridized carbons (Fsp3) is 0.0476. The summed E-state index contributed by atoms with van der Waals surface area (Å²) in [6.07, 6.45) is -3.55. The molecule has 0 spiro atoms. The lowest BCUT2D eigenvalue weighted by atomic mass is 10.1. The zero-order chi connectivity index (χ0) is 25.8. The molecule has 0 aromatic heterocycles. The van der Waals surface area contributed by atoms with Gasteiger partial charge >= 0.3 is 12.1 Å². The number of nitrogens with one attached hydrogen (secondary N) is 2. The Bertz CT molecular complexity index is 1420. The van der Waals surface area contributed by atoms with E-state index in [1.54, 1.807) is 0 Å². The van der Waals surface area contributed by atoms with Gasteiger partial charge in [0.05, 0.1) is 32.8 Å². The molecule has 3 aromatic rings. The molecule has 0 saturated carbocycles. The number of nitrogens with zero attached hydrogens (tertiary/aromatic N) is 2. The average Bonchev–Trinajstić information content (AvgIpc) is 2.78. The third-order valence-corrected chi connectivity index (χ3v) is 5.85. The van der Waals surface area contributed by atoms with Crippen molar-refractivity contribution in [2.24, 2.45) is 5.10 Å². The molecule has 10 nitrogen and oxygen atoms in total. The van der Waals surface area contributed by atoms with E-state index in [0.717, 1.165) is 36.5 Å². The maximum Gasteiger partial charge on any atom is 0.416 e. The molecule has 0 bridgehead atoms. The number of nitro benzene ring substituents is 1. The lowest BCUT2D eigenvalue weighted by Crippen LogP contribution is -2.16. The van der Waals surface area contributed by atoms with E-state index in [0.29, 0.717) is 0 Å². The van der Waals surface area contributed by atoms with Crippen molar-refractivity contribution in [2.45, 2.75) is 11.1 Å².